The third kappa shape index (κ3) is 5.17. The maximum Gasteiger partial charge on any atom is 0.214 e. The lowest BCUT2D eigenvalue weighted by Gasteiger charge is -2.32. The van der Waals surface area contributed by atoms with Crippen molar-refractivity contribution in [2.24, 2.45) is 11.8 Å². The van der Waals surface area contributed by atoms with Crippen LogP contribution in [0.4, 0.5) is 0 Å². The van der Waals surface area contributed by atoms with Crippen molar-refractivity contribution in [1.82, 2.24) is 9.62 Å². The van der Waals surface area contributed by atoms with Crippen molar-refractivity contribution >= 4 is 22.4 Å². The number of piperidine rings is 1. The highest BCUT2D eigenvalue weighted by atomic mass is 35.5. The molecule has 0 aromatic rings. The highest BCUT2D eigenvalue weighted by Crippen LogP contribution is 2.28. The molecule has 4 nitrogen and oxygen atoms in total. The Labute approximate surface area is 130 Å². The maximum absolute atomic E-state index is 12.4. The van der Waals surface area contributed by atoms with E-state index >= 15 is 0 Å². The van der Waals surface area contributed by atoms with Crippen LogP contribution >= 0.6 is 12.4 Å². The number of nitrogens with zero attached hydrogens (tertiary/aromatic N) is 1. The molecule has 2 aliphatic rings. The van der Waals surface area contributed by atoms with Crippen LogP contribution in [0.15, 0.2) is 0 Å². The number of sulfonamides is 1. The average Bonchev–Trinajstić information content (AvgIpc) is 2.89. The molecule has 1 N–H and O–H groups in total. The summed E-state index contributed by atoms with van der Waals surface area (Å²) >= 11 is 0. The molecule has 1 saturated carbocycles. The molecule has 0 unspecified atom stereocenters. The Morgan fingerprint density at radius 1 is 1.05 bits per heavy atom. The summed E-state index contributed by atoms with van der Waals surface area (Å²) in [5, 5.41) is 3.36. The molecule has 1 aliphatic heterocycles. The SMILES string of the molecule is CCNCC1CCN(S(=O)(=O)CC2CCCC2)CC1.Cl. The molecule has 0 aromatic carbocycles. The van der Waals surface area contributed by atoms with Crippen LogP contribution < -0.4 is 5.32 Å². The Hall–Kier alpha value is 0.160. The topological polar surface area (TPSA) is 49.4 Å². The first-order valence-corrected chi connectivity index (χ1v) is 9.41. The second kappa shape index (κ2) is 8.57. The Kier molecular flexibility index (Phi) is 7.80. The summed E-state index contributed by atoms with van der Waals surface area (Å²) in [6.45, 7) is 5.60. The van der Waals surface area contributed by atoms with Crippen LogP contribution in [0, 0.1) is 11.8 Å². The van der Waals surface area contributed by atoms with Crippen LogP contribution in [0.3, 0.4) is 0 Å². The second-order valence-corrected chi connectivity index (χ2v) is 8.09. The highest BCUT2D eigenvalue weighted by Gasteiger charge is 2.30. The first kappa shape index (κ1) is 18.2. The van der Waals surface area contributed by atoms with Gasteiger partial charge >= 0.3 is 0 Å². The number of rotatable bonds is 6. The molecule has 0 spiro atoms. The fourth-order valence-corrected chi connectivity index (χ4v) is 5.23. The van der Waals surface area contributed by atoms with Gasteiger partial charge in [0.1, 0.15) is 0 Å². The van der Waals surface area contributed by atoms with Crippen molar-refractivity contribution < 1.29 is 8.42 Å². The minimum atomic E-state index is -3.00. The van der Waals surface area contributed by atoms with Gasteiger partial charge in [0.2, 0.25) is 10.0 Å². The molecule has 120 valence electrons. The van der Waals surface area contributed by atoms with Gasteiger partial charge in [0.05, 0.1) is 5.75 Å². The largest absolute Gasteiger partial charge is 0.317 e. The van der Waals surface area contributed by atoms with Crippen LogP contribution in [-0.2, 0) is 10.0 Å². The van der Waals surface area contributed by atoms with E-state index in [9.17, 15) is 8.42 Å². The predicted octanol–water partition coefficient (Wildman–Crippen LogP) is 2.25. The lowest BCUT2D eigenvalue weighted by atomic mass is 9.98. The van der Waals surface area contributed by atoms with Gasteiger partial charge in [-0.15, -0.1) is 12.4 Å². The molecule has 1 aliphatic carbocycles. The second-order valence-electron chi connectivity index (χ2n) is 6.08. The zero-order chi connectivity index (χ0) is 13.7. The molecule has 1 saturated heterocycles. The minimum Gasteiger partial charge on any atom is -0.317 e. The third-order valence-electron chi connectivity index (χ3n) is 4.57. The normalized spacial score (nSPS) is 22.9. The van der Waals surface area contributed by atoms with Gasteiger partial charge in [0.25, 0.3) is 0 Å². The van der Waals surface area contributed by atoms with Crippen molar-refractivity contribution in [3.63, 3.8) is 0 Å². The molecule has 6 heteroatoms. The van der Waals surface area contributed by atoms with Crippen molar-refractivity contribution in [1.29, 1.82) is 0 Å². The van der Waals surface area contributed by atoms with E-state index in [1.807, 2.05) is 0 Å². The monoisotopic (exact) mass is 324 g/mol. The van der Waals surface area contributed by atoms with Crippen LogP contribution in [0.5, 0.6) is 0 Å². The van der Waals surface area contributed by atoms with E-state index in [4.69, 9.17) is 0 Å². The van der Waals surface area contributed by atoms with Gasteiger partial charge in [-0.2, -0.15) is 0 Å². The van der Waals surface area contributed by atoms with E-state index in [2.05, 4.69) is 12.2 Å². The van der Waals surface area contributed by atoms with Gasteiger partial charge in [-0.3, -0.25) is 0 Å². The Morgan fingerprint density at radius 3 is 2.20 bits per heavy atom. The molecule has 20 heavy (non-hydrogen) atoms. The van der Waals surface area contributed by atoms with Crippen molar-refractivity contribution in [2.75, 3.05) is 31.9 Å². The van der Waals surface area contributed by atoms with E-state index in [0.29, 0.717) is 17.6 Å². The summed E-state index contributed by atoms with van der Waals surface area (Å²) in [6, 6.07) is 0. The molecule has 0 atom stereocenters. The Morgan fingerprint density at radius 2 is 1.65 bits per heavy atom. The van der Waals surface area contributed by atoms with E-state index < -0.39 is 10.0 Å². The van der Waals surface area contributed by atoms with Crippen molar-refractivity contribution in [2.45, 2.75) is 45.4 Å². The van der Waals surface area contributed by atoms with Crippen LogP contribution in [-0.4, -0.2) is 44.7 Å². The summed E-state index contributed by atoms with van der Waals surface area (Å²) in [5.41, 5.74) is 0. The van der Waals surface area contributed by atoms with Gasteiger partial charge in [-0.05, 0) is 50.6 Å². The van der Waals surface area contributed by atoms with Crippen LogP contribution in [0.25, 0.3) is 0 Å². The lowest BCUT2D eigenvalue weighted by molar-refractivity contribution is 0.267. The van der Waals surface area contributed by atoms with Gasteiger partial charge in [0, 0.05) is 13.1 Å². The first-order chi connectivity index (χ1) is 9.12. The molecule has 1 heterocycles. The van der Waals surface area contributed by atoms with E-state index in [1.165, 1.54) is 12.8 Å². The van der Waals surface area contributed by atoms with E-state index in [1.54, 1.807) is 4.31 Å². The van der Waals surface area contributed by atoms with Crippen LogP contribution in [0.1, 0.15) is 45.4 Å². The van der Waals surface area contributed by atoms with Gasteiger partial charge in [0.15, 0.2) is 0 Å². The number of hydrogen-bond acceptors (Lipinski definition) is 3. The molecule has 0 aromatic heterocycles. The summed E-state index contributed by atoms with van der Waals surface area (Å²) in [6.07, 6.45) is 6.66. The number of nitrogens with one attached hydrogen (secondary N) is 1. The smallest absolute Gasteiger partial charge is 0.214 e. The standard InChI is InChI=1S/C14H28N2O2S.ClH/c1-2-15-11-13-7-9-16(10-8-13)19(17,18)12-14-5-3-4-6-14;/h13-15H,2-12H2,1H3;1H. The molecule has 2 fully saturated rings. The number of hydrogen-bond donors (Lipinski definition) is 1. The highest BCUT2D eigenvalue weighted by molar-refractivity contribution is 7.89. The number of halogens is 1. The zero-order valence-electron chi connectivity index (χ0n) is 12.5. The summed E-state index contributed by atoms with van der Waals surface area (Å²) in [7, 11) is -3.00. The molecule has 2 rings (SSSR count). The summed E-state index contributed by atoms with van der Waals surface area (Å²) in [4.78, 5) is 0. The van der Waals surface area contributed by atoms with Gasteiger partial charge in [-0.25, -0.2) is 12.7 Å². The van der Waals surface area contributed by atoms with Gasteiger partial charge < -0.3 is 5.32 Å². The lowest BCUT2D eigenvalue weighted by Crippen LogP contribution is -2.42. The van der Waals surface area contributed by atoms with E-state index in [0.717, 1.165) is 51.9 Å². The van der Waals surface area contributed by atoms with E-state index in [-0.39, 0.29) is 12.4 Å². The summed E-state index contributed by atoms with van der Waals surface area (Å²) in [5.74, 6) is 1.47. The average molecular weight is 325 g/mol. The zero-order valence-corrected chi connectivity index (χ0v) is 14.1. The quantitative estimate of drug-likeness (QED) is 0.815. The molecular formula is C14H29ClN2O2S. The first-order valence-electron chi connectivity index (χ1n) is 7.80. The minimum absolute atomic E-state index is 0. The van der Waals surface area contributed by atoms with Crippen molar-refractivity contribution in [3.05, 3.63) is 0 Å². The van der Waals surface area contributed by atoms with Gasteiger partial charge in [-0.1, -0.05) is 19.8 Å². The predicted molar refractivity (Wildman–Crippen MR) is 85.8 cm³/mol. The molecule has 0 bridgehead atoms. The summed E-state index contributed by atoms with van der Waals surface area (Å²) < 4.78 is 26.5. The Bertz CT molecular complexity index is 361. The van der Waals surface area contributed by atoms with Crippen molar-refractivity contribution in [3.8, 4) is 0 Å². The fraction of sp³-hybridized carbons (Fsp3) is 1.00. The molecule has 0 radical (unpaired) electrons. The molecular weight excluding hydrogens is 296 g/mol. The molecule has 0 amide bonds. The third-order valence-corrected chi connectivity index (χ3v) is 6.62. The maximum atomic E-state index is 12.4. The van der Waals surface area contributed by atoms with Crippen LogP contribution in [0.2, 0.25) is 0 Å². The Balaban J connectivity index is 0.00000200. The fourth-order valence-electron chi connectivity index (χ4n) is 3.32.